The highest BCUT2D eigenvalue weighted by molar-refractivity contribution is 7.07. The molecule has 3 rings (SSSR count). The first kappa shape index (κ1) is 18.3. The largest absolute Gasteiger partial charge is 0.387 e. The van der Waals surface area contributed by atoms with E-state index in [0.717, 1.165) is 17.5 Å². The molecule has 6 nitrogen and oxygen atoms in total. The van der Waals surface area contributed by atoms with Crippen LogP contribution >= 0.6 is 11.3 Å². The van der Waals surface area contributed by atoms with Crippen molar-refractivity contribution in [3.8, 4) is 0 Å². The van der Waals surface area contributed by atoms with Gasteiger partial charge in [0.1, 0.15) is 0 Å². The summed E-state index contributed by atoms with van der Waals surface area (Å²) in [4.78, 5) is 12.4. The Bertz CT molecular complexity index is 856. The number of rotatable bonds is 7. The third kappa shape index (κ3) is 4.17. The van der Waals surface area contributed by atoms with Gasteiger partial charge in [0.25, 0.3) is 5.91 Å². The van der Waals surface area contributed by atoms with Crippen LogP contribution in [0, 0.1) is 6.92 Å². The van der Waals surface area contributed by atoms with Crippen LogP contribution in [0.3, 0.4) is 0 Å². The molecule has 0 saturated heterocycles. The zero-order chi connectivity index (χ0) is 18.5. The van der Waals surface area contributed by atoms with E-state index in [1.54, 1.807) is 4.68 Å². The van der Waals surface area contributed by atoms with Crippen LogP contribution in [0.5, 0.6) is 0 Å². The molecule has 0 fully saturated rings. The first-order valence-electron chi connectivity index (χ1n) is 8.54. The van der Waals surface area contributed by atoms with Gasteiger partial charge in [0.05, 0.1) is 18.3 Å². The van der Waals surface area contributed by atoms with E-state index in [1.165, 1.54) is 16.9 Å². The predicted octanol–water partition coefficient (Wildman–Crippen LogP) is 2.72. The summed E-state index contributed by atoms with van der Waals surface area (Å²) in [5.74, 6) is -0.329. The summed E-state index contributed by atoms with van der Waals surface area (Å²) in [7, 11) is 0. The minimum atomic E-state index is -0.724. The molecule has 1 amide bonds. The fraction of sp³-hybridized carbons (Fsp3) is 0.316. The molecule has 0 bridgehead atoms. The van der Waals surface area contributed by atoms with E-state index in [9.17, 15) is 9.90 Å². The number of amides is 1. The molecule has 1 atom stereocenters. The number of carbonyl (C=O) groups excluding carboxylic acids is 1. The number of nitrogens with one attached hydrogen (secondary N) is 1. The lowest BCUT2D eigenvalue weighted by atomic mass is 10.1. The Morgan fingerprint density at radius 1 is 1.27 bits per heavy atom. The first-order chi connectivity index (χ1) is 12.6. The molecular weight excluding hydrogens is 348 g/mol. The van der Waals surface area contributed by atoms with Crippen molar-refractivity contribution in [3.63, 3.8) is 0 Å². The maximum Gasteiger partial charge on any atom is 0.273 e. The van der Waals surface area contributed by atoms with Crippen molar-refractivity contribution in [3.05, 3.63) is 69.2 Å². The van der Waals surface area contributed by atoms with Crippen molar-refractivity contribution in [2.75, 3.05) is 6.54 Å². The molecule has 0 spiro atoms. The third-order valence-electron chi connectivity index (χ3n) is 4.35. The number of aryl methyl sites for hydroxylation is 1. The molecule has 136 valence electrons. The van der Waals surface area contributed by atoms with Crippen molar-refractivity contribution >= 4 is 17.2 Å². The average Bonchev–Trinajstić information content (AvgIpc) is 3.31. The number of hydrogen-bond acceptors (Lipinski definition) is 5. The summed E-state index contributed by atoms with van der Waals surface area (Å²) >= 11 is 1.51. The maximum absolute atomic E-state index is 12.4. The fourth-order valence-electron chi connectivity index (χ4n) is 2.63. The summed E-state index contributed by atoms with van der Waals surface area (Å²) < 4.78 is 1.71. The van der Waals surface area contributed by atoms with Gasteiger partial charge in [-0.2, -0.15) is 11.3 Å². The molecule has 7 heteroatoms. The molecule has 3 aromatic rings. The lowest BCUT2D eigenvalue weighted by molar-refractivity contribution is 0.0911. The van der Waals surface area contributed by atoms with E-state index >= 15 is 0 Å². The maximum atomic E-state index is 12.4. The summed E-state index contributed by atoms with van der Waals surface area (Å²) in [6.07, 6.45) is 0.280. The highest BCUT2D eigenvalue weighted by atomic mass is 32.1. The lowest BCUT2D eigenvalue weighted by Crippen LogP contribution is -2.29. The van der Waals surface area contributed by atoms with Crippen molar-refractivity contribution < 1.29 is 9.90 Å². The SMILES string of the molecule is CCc1ccc(Cn2nnc(C(=O)NC[C@@H](O)c3ccsc3)c2C)cc1. The van der Waals surface area contributed by atoms with Gasteiger partial charge in [-0.25, -0.2) is 4.68 Å². The zero-order valence-electron chi connectivity index (χ0n) is 14.8. The Labute approximate surface area is 156 Å². The second-order valence-corrected chi connectivity index (χ2v) is 6.91. The molecule has 26 heavy (non-hydrogen) atoms. The number of hydrogen-bond donors (Lipinski definition) is 2. The number of thiophene rings is 1. The van der Waals surface area contributed by atoms with Gasteiger partial charge < -0.3 is 10.4 Å². The monoisotopic (exact) mass is 370 g/mol. The second kappa shape index (κ2) is 8.25. The molecule has 2 heterocycles. The van der Waals surface area contributed by atoms with Gasteiger partial charge >= 0.3 is 0 Å². The van der Waals surface area contributed by atoms with Gasteiger partial charge in [0, 0.05) is 6.54 Å². The molecule has 1 aromatic carbocycles. The van der Waals surface area contributed by atoms with Crippen LogP contribution in [0.1, 0.15) is 45.9 Å². The van der Waals surface area contributed by atoms with Crippen molar-refractivity contribution in [1.29, 1.82) is 0 Å². The molecule has 0 unspecified atom stereocenters. The quantitative estimate of drug-likeness (QED) is 0.670. The van der Waals surface area contributed by atoms with E-state index in [4.69, 9.17) is 0 Å². The van der Waals surface area contributed by atoms with Gasteiger partial charge in [-0.1, -0.05) is 36.4 Å². The van der Waals surface area contributed by atoms with Crippen LogP contribution in [0.25, 0.3) is 0 Å². The Hall–Kier alpha value is -2.51. The van der Waals surface area contributed by atoms with Crippen LogP contribution in [0.4, 0.5) is 0 Å². The third-order valence-corrected chi connectivity index (χ3v) is 5.05. The Morgan fingerprint density at radius 3 is 2.65 bits per heavy atom. The van der Waals surface area contributed by atoms with Crippen LogP contribution in [-0.2, 0) is 13.0 Å². The smallest absolute Gasteiger partial charge is 0.273 e. The minimum Gasteiger partial charge on any atom is -0.387 e. The van der Waals surface area contributed by atoms with E-state index < -0.39 is 6.10 Å². The topological polar surface area (TPSA) is 80.0 Å². The number of aliphatic hydroxyl groups is 1. The number of benzene rings is 1. The first-order valence-corrected chi connectivity index (χ1v) is 9.49. The fourth-order valence-corrected chi connectivity index (χ4v) is 3.34. The van der Waals surface area contributed by atoms with Crippen molar-refractivity contribution in [2.45, 2.75) is 32.9 Å². The van der Waals surface area contributed by atoms with Gasteiger partial charge in [-0.15, -0.1) is 5.10 Å². The second-order valence-electron chi connectivity index (χ2n) is 6.13. The van der Waals surface area contributed by atoms with E-state index in [2.05, 4.69) is 46.8 Å². The van der Waals surface area contributed by atoms with Gasteiger partial charge in [-0.3, -0.25) is 4.79 Å². The molecule has 0 aliphatic carbocycles. The standard InChI is InChI=1S/C19H22N4O2S/c1-3-14-4-6-15(7-5-14)11-23-13(2)18(21-22-23)19(25)20-10-17(24)16-8-9-26-12-16/h4-9,12,17,24H,3,10-11H2,1-2H3,(H,20,25)/t17-/m1/s1. The number of aliphatic hydroxyl groups excluding tert-OH is 1. The van der Waals surface area contributed by atoms with E-state index in [0.29, 0.717) is 12.2 Å². The van der Waals surface area contributed by atoms with Gasteiger partial charge in [-0.05, 0) is 46.9 Å². The van der Waals surface area contributed by atoms with E-state index in [-0.39, 0.29) is 18.1 Å². The molecule has 2 N–H and O–H groups in total. The summed E-state index contributed by atoms with van der Waals surface area (Å²) in [5, 5.41) is 24.6. The number of aromatic nitrogens is 3. The molecular formula is C19H22N4O2S. The number of carbonyl (C=O) groups is 1. The van der Waals surface area contributed by atoms with Crippen molar-refractivity contribution in [2.24, 2.45) is 0 Å². The van der Waals surface area contributed by atoms with E-state index in [1.807, 2.05) is 23.8 Å². The zero-order valence-corrected chi connectivity index (χ0v) is 15.7. The van der Waals surface area contributed by atoms with Gasteiger partial charge in [0.15, 0.2) is 5.69 Å². The van der Waals surface area contributed by atoms with Crippen LogP contribution in [0.2, 0.25) is 0 Å². The highest BCUT2D eigenvalue weighted by Crippen LogP contribution is 2.15. The highest BCUT2D eigenvalue weighted by Gasteiger charge is 2.18. The summed E-state index contributed by atoms with van der Waals surface area (Å²) in [5.41, 5.74) is 4.18. The molecule has 0 radical (unpaired) electrons. The Morgan fingerprint density at radius 2 is 2.00 bits per heavy atom. The molecule has 0 saturated carbocycles. The average molecular weight is 370 g/mol. The van der Waals surface area contributed by atoms with Gasteiger partial charge in [0.2, 0.25) is 0 Å². The predicted molar refractivity (Wildman–Crippen MR) is 101 cm³/mol. The van der Waals surface area contributed by atoms with Crippen LogP contribution in [-0.4, -0.2) is 32.6 Å². The Balaban J connectivity index is 1.62. The minimum absolute atomic E-state index is 0.139. The normalized spacial score (nSPS) is 12.1. The van der Waals surface area contributed by atoms with Crippen LogP contribution < -0.4 is 5.32 Å². The molecule has 0 aliphatic heterocycles. The Kier molecular flexibility index (Phi) is 5.80. The molecule has 0 aliphatic rings. The summed E-state index contributed by atoms with van der Waals surface area (Å²) in [6.45, 7) is 4.65. The lowest BCUT2D eigenvalue weighted by Gasteiger charge is -2.10. The van der Waals surface area contributed by atoms with Crippen LogP contribution in [0.15, 0.2) is 41.1 Å². The number of nitrogens with zero attached hydrogens (tertiary/aromatic N) is 3. The van der Waals surface area contributed by atoms with Crippen molar-refractivity contribution in [1.82, 2.24) is 20.3 Å². The summed E-state index contributed by atoms with van der Waals surface area (Å²) in [6, 6.07) is 10.2. The molecule has 2 aromatic heterocycles.